The van der Waals surface area contributed by atoms with Crippen LogP contribution in [0, 0.1) is 19.7 Å². The highest BCUT2D eigenvalue weighted by molar-refractivity contribution is 5.94. The number of benzene rings is 1. The van der Waals surface area contributed by atoms with E-state index in [2.05, 4.69) is 5.32 Å². The molecule has 1 N–H and O–H groups in total. The summed E-state index contributed by atoms with van der Waals surface area (Å²) in [5.74, 6) is -0.843. The molecule has 0 bridgehead atoms. The monoisotopic (exact) mass is 315 g/mol. The van der Waals surface area contributed by atoms with Gasteiger partial charge in [0.1, 0.15) is 17.3 Å². The minimum atomic E-state index is -4.85. The maximum atomic E-state index is 13.2. The summed E-state index contributed by atoms with van der Waals surface area (Å²) in [5.41, 5.74) is -0.994. The Hall–Kier alpha value is -2.31. The lowest BCUT2D eigenvalue weighted by atomic mass is 10.1. The lowest BCUT2D eigenvalue weighted by Crippen LogP contribution is -2.23. The SMILES string of the molecule is Cc1cc(CNC(=O)c2ccc(F)c(C(F)(F)F)c2)c(C)o1. The van der Waals surface area contributed by atoms with E-state index >= 15 is 0 Å². The van der Waals surface area contributed by atoms with E-state index in [4.69, 9.17) is 4.42 Å². The lowest BCUT2D eigenvalue weighted by molar-refractivity contribution is -0.140. The largest absolute Gasteiger partial charge is 0.466 e. The Morgan fingerprint density at radius 2 is 1.91 bits per heavy atom. The van der Waals surface area contributed by atoms with Gasteiger partial charge in [-0.15, -0.1) is 0 Å². The second-order valence-corrected chi connectivity index (χ2v) is 4.81. The van der Waals surface area contributed by atoms with Crippen LogP contribution in [0.25, 0.3) is 0 Å². The van der Waals surface area contributed by atoms with Crippen molar-refractivity contribution in [2.45, 2.75) is 26.6 Å². The van der Waals surface area contributed by atoms with Crippen LogP contribution < -0.4 is 5.32 Å². The average Bonchev–Trinajstić information content (AvgIpc) is 2.73. The van der Waals surface area contributed by atoms with Crippen LogP contribution in [0.15, 0.2) is 28.7 Å². The van der Waals surface area contributed by atoms with Gasteiger partial charge in [-0.3, -0.25) is 4.79 Å². The number of carbonyl (C=O) groups is 1. The molecule has 0 atom stereocenters. The van der Waals surface area contributed by atoms with Crippen molar-refractivity contribution >= 4 is 5.91 Å². The molecular formula is C15H13F4NO2. The standard InChI is InChI=1S/C15H13F4NO2/c1-8-5-11(9(2)22-8)7-20-14(21)10-3-4-13(16)12(6-10)15(17,18)19/h3-6H,7H2,1-2H3,(H,20,21). The first kappa shape index (κ1) is 16.1. The van der Waals surface area contributed by atoms with Gasteiger partial charge in [0.25, 0.3) is 5.91 Å². The number of halogens is 4. The van der Waals surface area contributed by atoms with E-state index in [9.17, 15) is 22.4 Å². The summed E-state index contributed by atoms with van der Waals surface area (Å²) in [7, 11) is 0. The molecule has 1 heterocycles. The van der Waals surface area contributed by atoms with Gasteiger partial charge in [0.15, 0.2) is 0 Å². The van der Waals surface area contributed by atoms with Crippen LogP contribution in [0.3, 0.4) is 0 Å². The maximum absolute atomic E-state index is 13.2. The first-order valence-corrected chi connectivity index (χ1v) is 6.39. The Balaban J connectivity index is 2.15. The van der Waals surface area contributed by atoms with Crippen molar-refractivity contribution in [3.8, 4) is 0 Å². The predicted octanol–water partition coefficient (Wildman–Crippen LogP) is 3.98. The van der Waals surface area contributed by atoms with Crippen LogP contribution in [0.2, 0.25) is 0 Å². The quantitative estimate of drug-likeness (QED) is 0.870. The van der Waals surface area contributed by atoms with Crippen molar-refractivity contribution in [3.05, 3.63) is 58.3 Å². The van der Waals surface area contributed by atoms with Crippen molar-refractivity contribution in [1.29, 1.82) is 0 Å². The first-order chi connectivity index (χ1) is 10.2. The van der Waals surface area contributed by atoms with Gasteiger partial charge < -0.3 is 9.73 Å². The van der Waals surface area contributed by atoms with Gasteiger partial charge in [0.05, 0.1) is 5.56 Å². The zero-order chi connectivity index (χ0) is 16.5. The Labute approximate surface area is 123 Å². The molecule has 0 unspecified atom stereocenters. The van der Waals surface area contributed by atoms with Crippen molar-refractivity contribution in [2.75, 3.05) is 0 Å². The van der Waals surface area contributed by atoms with Gasteiger partial charge in [-0.05, 0) is 38.1 Å². The fourth-order valence-electron chi connectivity index (χ4n) is 2.02. The molecule has 0 aliphatic rings. The Kier molecular flexibility index (Phi) is 4.25. The Morgan fingerprint density at radius 1 is 1.23 bits per heavy atom. The molecule has 0 saturated carbocycles. The molecule has 0 fully saturated rings. The summed E-state index contributed by atoms with van der Waals surface area (Å²) in [6.45, 7) is 3.57. The molecule has 1 aromatic carbocycles. The molecule has 1 aromatic heterocycles. The molecular weight excluding hydrogens is 302 g/mol. The zero-order valence-corrected chi connectivity index (χ0v) is 11.8. The summed E-state index contributed by atoms with van der Waals surface area (Å²) < 4.78 is 56.3. The highest BCUT2D eigenvalue weighted by Crippen LogP contribution is 2.31. The number of hydrogen-bond donors (Lipinski definition) is 1. The minimum absolute atomic E-state index is 0.112. The van der Waals surface area contributed by atoms with Crippen molar-refractivity contribution in [2.24, 2.45) is 0 Å². The molecule has 22 heavy (non-hydrogen) atoms. The highest BCUT2D eigenvalue weighted by Gasteiger charge is 2.34. The third kappa shape index (κ3) is 3.47. The van der Waals surface area contributed by atoms with Crippen LogP contribution in [-0.2, 0) is 12.7 Å². The number of hydrogen-bond acceptors (Lipinski definition) is 2. The average molecular weight is 315 g/mol. The van der Waals surface area contributed by atoms with Crippen LogP contribution in [-0.4, -0.2) is 5.91 Å². The second-order valence-electron chi connectivity index (χ2n) is 4.81. The van der Waals surface area contributed by atoms with Gasteiger partial charge in [0.2, 0.25) is 0 Å². The summed E-state index contributed by atoms with van der Waals surface area (Å²) in [4.78, 5) is 11.9. The predicted molar refractivity (Wildman–Crippen MR) is 70.8 cm³/mol. The summed E-state index contributed by atoms with van der Waals surface area (Å²) in [6, 6.07) is 3.86. The van der Waals surface area contributed by atoms with Crippen LogP contribution in [0.1, 0.15) is 33.0 Å². The number of rotatable bonds is 3. The van der Waals surface area contributed by atoms with E-state index < -0.39 is 23.5 Å². The van der Waals surface area contributed by atoms with E-state index in [0.717, 1.165) is 11.6 Å². The van der Waals surface area contributed by atoms with E-state index in [1.807, 2.05) is 0 Å². The summed E-state index contributed by atoms with van der Waals surface area (Å²) in [5, 5.41) is 2.48. The molecule has 0 aliphatic heterocycles. The molecule has 2 rings (SSSR count). The number of furan rings is 1. The van der Waals surface area contributed by atoms with E-state index in [1.165, 1.54) is 0 Å². The zero-order valence-electron chi connectivity index (χ0n) is 11.8. The number of carbonyl (C=O) groups excluding carboxylic acids is 1. The van der Waals surface area contributed by atoms with Gasteiger partial charge >= 0.3 is 6.18 Å². The van der Waals surface area contributed by atoms with Crippen LogP contribution >= 0.6 is 0 Å². The lowest BCUT2D eigenvalue weighted by Gasteiger charge is -2.10. The molecule has 118 valence electrons. The van der Waals surface area contributed by atoms with E-state index in [-0.39, 0.29) is 12.1 Å². The minimum Gasteiger partial charge on any atom is -0.466 e. The molecule has 0 aliphatic carbocycles. The third-order valence-electron chi connectivity index (χ3n) is 3.12. The van der Waals surface area contributed by atoms with Crippen molar-refractivity contribution in [3.63, 3.8) is 0 Å². The topological polar surface area (TPSA) is 42.2 Å². The van der Waals surface area contributed by atoms with E-state index in [0.29, 0.717) is 23.7 Å². The van der Waals surface area contributed by atoms with E-state index in [1.54, 1.807) is 19.9 Å². The Bertz CT molecular complexity index is 704. The molecule has 0 spiro atoms. The second kappa shape index (κ2) is 5.82. The molecule has 0 radical (unpaired) electrons. The molecule has 7 heteroatoms. The summed E-state index contributed by atoms with van der Waals surface area (Å²) in [6.07, 6.45) is -4.85. The molecule has 2 aromatic rings. The summed E-state index contributed by atoms with van der Waals surface area (Å²) >= 11 is 0. The van der Waals surface area contributed by atoms with Crippen molar-refractivity contribution in [1.82, 2.24) is 5.32 Å². The number of alkyl halides is 3. The number of nitrogens with one attached hydrogen (secondary N) is 1. The molecule has 1 amide bonds. The Morgan fingerprint density at radius 3 is 2.45 bits per heavy atom. The van der Waals surface area contributed by atoms with Gasteiger partial charge in [-0.1, -0.05) is 0 Å². The number of amides is 1. The van der Waals surface area contributed by atoms with Crippen LogP contribution in [0.5, 0.6) is 0 Å². The normalized spacial score (nSPS) is 11.5. The molecule has 3 nitrogen and oxygen atoms in total. The highest BCUT2D eigenvalue weighted by atomic mass is 19.4. The smallest absolute Gasteiger partial charge is 0.419 e. The molecule has 0 saturated heterocycles. The van der Waals surface area contributed by atoms with Gasteiger partial charge in [-0.2, -0.15) is 13.2 Å². The fraction of sp³-hybridized carbons (Fsp3) is 0.267. The van der Waals surface area contributed by atoms with Crippen LogP contribution in [0.4, 0.5) is 17.6 Å². The third-order valence-corrected chi connectivity index (χ3v) is 3.12. The van der Waals surface area contributed by atoms with Gasteiger partial charge in [-0.25, -0.2) is 4.39 Å². The van der Waals surface area contributed by atoms with Gasteiger partial charge in [0, 0.05) is 17.7 Å². The first-order valence-electron chi connectivity index (χ1n) is 6.39. The fourth-order valence-corrected chi connectivity index (χ4v) is 2.02. The van der Waals surface area contributed by atoms with Crippen molar-refractivity contribution < 1.29 is 26.8 Å². The number of aryl methyl sites for hydroxylation is 2. The maximum Gasteiger partial charge on any atom is 0.419 e.